The quantitative estimate of drug-likeness (QED) is 0.216. The van der Waals surface area contributed by atoms with Crippen LogP contribution in [-0.2, 0) is 0 Å². The van der Waals surface area contributed by atoms with E-state index >= 15 is 0 Å². The van der Waals surface area contributed by atoms with Gasteiger partial charge < -0.3 is 9.64 Å². The van der Waals surface area contributed by atoms with Crippen molar-refractivity contribution in [1.82, 2.24) is 9.97 Å². The number of aromatic nitrogens is 2. The first-order valence-electron chi connectivity index (χ1n) is 14.2. The van der Waals surface area contributed by atoms with Crippen molar-refractivity contribution in [2.24, 2.45) is 0 Å². The van der Waals surface area contributed by atoms with E-state index in [9.17, 15) is 0 Å². The van der Waals surface area contributed by atoms with Gasteiger partial charge in [0.05, 0.1) is 17.1 Å². The average Bonchev–Trinajstić information content (AvgIpc) is 3.33. The van der Waals surface area contributed by atoms with Crippen LogP contribution in [0.2, 0.25) is 0 Å². The molecule has 0 spiro atoms. The van der Waals surface area contributed by atoms with Gasteiger partial charge in [-0.2, -0.15) is 0 Å². The Bertz CT molecular complexity index is 1980. The summed E-state index contributed by atoms with van der Waals surface area (Å²) in [4.78, 5) is 13.8. The van der Waals surface area contributed by atoms with Crippen LogP contribution in [0, 0.1) is 0 Å². The molecule has 0 atom stereocenters. The Kier molecular flexibility index (Phi) is 6.05. The molecule has 0 radical (unpaired) electrons. The lowest BCUT2D eigenvalue weighted by molar-refractivity contribution is 0.463. The van der Waals surface area contributed by atoms with E-state index < -0.39 is 0 Å². The summed E-state index contributed by atoms with van der Waals surface area (Å²) in [6.45, 7) is 0. The molecule has 204 valence electrons. The van der Waals surface area contributed by atoms with E-state index in [0.29, 0.717) is 11.6 Å². The number of nitrogens with zero attached hydrogens (tertiary/aromatic N) is 4. The van der Waals surface area contributed by atoms with Crippen LogP contribution in [0.1, 0.15) is 22.3 Å². The second-order valence-corrected chi connectivity index (χ2v) is 10.4. The van der Waals surface area contributed by atoms with Gasteiger partial charge in [0.2, 0.25) is 5.88 Å². The van der Waals surface area contributed by atoms with Crippen LogP contribution < -0.4 is 14.5 Å². The molecule has 4 aromatic carbocycles. The summed E-state index contributed by atoms with van der Waals surface area (Å²) in [7, 11) is 0. The van der Waals surface area contributed by atoms with Gasteiger partial charge >= 0.3 is 0 Å². The van der Waals surface area contributed by atoms with Crippen LogP contribution in [0.4, 0.5) is 34.3 Å². The highest BCUT2D eigenvalue weighted by molar-refractivity contribution is 5.97. The zero-order valence-corrected chi connectivity index (χ0v) is 23.2. The number of hydrogen-bond acceptors (Lipinski definition) is 5. The fourth-order valence-corrected chi connectivity index (χ4v) is 5.75. The molecule has 5 heteroatoms. The highest BCUT2D eigenvalue weighted by Crippen LogP contribution is 2.47. The highest BCUT2D eigenvalue weighted by Gasteiger charge is 2.25. The number of fused-ring (bicyclic) bond motifs is 4. The first-order chi connectivity index (χ1) is 21.3. The molecule has 0 saturated carbocycles. The summed E-state index contributed by atoms with van der Waals surface area (Å²) < 4.78 is 6.15. The Morgan fingerprint density at radius 3 is 1.88 bits per heavy atom. The molecular weight excluding hydrogens is 528 g/mol. The number of para-hydroxylation sites is 2. The minimum atomic E-state index is 0.555. The number of ether oxygens (including phenoxy) is 1. The van der Waals surface area contributed by atoms with Gasteiger partial charge in [-0.25, -0.2) is 9.97 Å². The van der Waals surface area contributed by atoms with E-state index in [4.69, 9.17) is 9.72 Å². The number of benzene rings is 4. The van der Waals surface area contributed by atoms with Crippen molar-refractivity contribution in [1.29, 1.82) is 0 Å². The van der Waals surface area contributed by atoms with E-state index in [1.165, 1.54) is 0 Å². The van der Waals surface area contributed by atoms with E-state index in [0.717, 1.165) is 56.5 Å². The molecule has 2 aliphatic heterocycles. The van der Waals surface area contributed by atoms with Crippen molar-refractivity contribution in [2.75, 3.05) is 9.80 Å². The van der Waals surface area contributed by atoms with Crippen molar-refractivity contribution in [3.8, 4) is 11.6 Å². The summed E-state index contributed by atoms with van der Waals surface area (Å²) >= 11 is 0. The highest BCUT2D eigenvalue weighted by atomic mass is 16.5. The zero-order chi connectivity index (χ0) is 28.6. The van der Waals surface area contributed by atoms with Crippen LogP contribution >= 0.6 is 0 Å². The summed E-state index contributed by atoms with van der Waals surface area (Å²) in [5.74, 6) is 2.17. The van der Waals surface area contributed by atoms with Crippen LogP contribution in [0.3, 0.4) is 0 Å². The molecule has 0 unspecified atom stereocenters. The molecule has 0 aliphatic carbocycles. The fraction of sp³-hybridized carbons (Fsp3) is 0. The van der Waals surface area contributed by atoms with Crippen molar-refractivity contribution in [2.45, 2.75) is 0 Å². The first kappa shape index (κ1) is 24.8. The largest absolute Gasteiger partial charge is 0.439 e. The molecule has 5 nitrogen and oxygen atoms in total. The lowest BCUT2D eigenvalue weighted by atomic mass is 10.1. The first-order valence-corrected chi connectivity index (χ1v) is 14.2. The monoisotopic (exact) mass is 554 g/mol. The fourth-order valence-electron chi connectivity index (χ4n) is 5.75. The molecule has 6 aromatic rings. The van der Waals surface area contributed by atoms with Gasteiger partial charge in [-0.15, -0.1) is 0 Å². The van der Waals surface area contributed by atoms with Crippen LogP contribution in [0.25, 0.3) is 24.3 Å². The standard InChI is InChI=1S/C38H26N4O/c1-3-14-34-27(9-1)17-18-29-21-22-32(42-35-15-4-2-10-28(35)19-20-30-11-8-24-40-38(30)42)26-36(29)41(34)31-12-7-13-33(25-31)43-37-16-5-6-23-39-37/h1-26H. The van der Waals surface area contributed by atoms with Crippen molar-refractivity contribution >= 4 is 58.6 Å². The van der Waals surface area contributed by atoms with Crippen molar-refractivity contribution in [3.05, 3.63) is 156 Å². The van der Waals surface area contributed by atoms with E-state index in [1.54, 1.807) is 6.20 Å². The Morgan fingerprint density at radius 1 is 0.442 bits per heavy atom. The van der Waals surface area contributed by atoms with Crippen molar-refractivity contribution in [3.63, 3.8) is 0 Å². The summed E-state index contributed by atoms with van der Waals surface area (Å²) in [5, 5.41) is 0. The van der Waals surface area contributed by atoms with Gasteiger partial charge in [-0.3, -0.25) is 4.90 Å². The van der Waals surface area contributed by atoms with Gasteiger partial charge in [0.1, 0.15) is 11.6 Å². The number of anilines is 6. The topological polar surface area (TPSA) is 41.5 Å². The lowest BCUT2D eigenvalue weighted by Crippen LogP contribution is -2.16. The molecule has 2 aromatic heterocycles. The zero-order valence-electron chi connectivity index (χ0n) is 23.2. The second-order valence-electron chi connectivity index (χ2n) is 10.4. The minimum Gasteiger partial charge on any atom is -0.439 e. The summed E-state index contributed by atoms with van der Waals surface area (Å²) in [5.41, 5.74) is 9.67. The molecular formula is C38H26N4O. The van der Waals surface area contributed by atoms with Gasteiger partial charge in [0.15, 0.2) is 0 Å². The molecule has 0 saturated heterocycles. The van der Waals surface area contributed by atoms with Crippen LogP contribution in [0.15, 0.2) is 134 Å². The molecule has 43 heavy (non-hydrogen) atoms. The van der Waals surface area contributed by atoms with Crippen LogP contribution in [-0.4, -0.2) is 9.97 Å². The Balaban J connectivity index is 1.31. The smallest absolute Gasteiger partial charge is 0.219 e. The molecule has 0 N–H and O–H groups in total. The molecule has 4 heterocycles. The maximum atomic E-state index is 6.15. The lowest BCUT2D eigenvalue weighted by Gasteiger charge is -2.30. The molecule has 0 fully saturated rings. The maximum absolute atomic E-state index is 6.15. The normalized spacial score (nSPS) is 12.8. The third kappa shape index (κ3) is 4.53. The van der Waals surface area contributed by atoms with Gasteiger partial charge in [-0.05, 0) is 71.3 Å². The second kappa shape index (κ2) is 10.5. The molecule has 0 amide bonds. The van der Waals surface area contributed by atoms with E-state index in [2.05, 4.69) is 124 Å². The minimum absolute atomic E-state index is 0.555. The number of hydrogen-bond donors (Lipinski definition) is 0. The predicted molar refractivity (Wildman–Crippen MR) is 176 cm³/mol. The summed E-state index contributed by atoms with van der Waals surface area (Å²) in [6.07, 6.45) is 12.3. The molecule has 2 aliphatic rings. The van der Waals surface area contributed by atoms with Crippen LogP contribution in [0.5, 0.6) is 11.6 Å². The SMILES string of the molecule is C1=Cc2ccc(N3c4ccccc4C=Cc4cccnc43)cc2N(c2cccc(Oc3ccccn3)c2)c2ccccc21. The molecule has 0 bridgehead atoms. The predicted octanol–water partition coefficient (Wildman–Crippen LogP) is 10.2. The third-order valence-corrected chi connectivity index (χ3v) is 7.72. The Hall–Kier alpha value is -5.94. The van der Waals surface area contributed by atoms with Gasteiger partial charge in [-0.1, -0.05) is 78.9 Å². The number of rotatable bonds is 4. The Morgan fingerprint density at radius 2 is 1.09 bits per heavy atom. The average molecular weight is 555 g/mol. The van der Waals surface area contributed by atoms with E-state index in [1.807, 2.05) is 42.6 Å². The third-order valence-electron chi connectivity index (χ3n) is 7.72. The molecule has 8 rings (SSSR count). The number of pyridine rings is 2. The van der Waals surface area contributed by atoms with Crippen molar-refractivity contribution < 1.29 is 4.74 Å². The summed E-state index contributed by atoms with van der Waals surface area (Å²) in [6, 6.07) is 41.5. The Labute approximate surface area is 250 Å². The van der Waals surface area contributed by atoms with Gasteiger partial charge in [0.25, 0.3) is 0 Å². The van der Waals surface area contributed by atoms with Gasteiger partial charge in [0, 0.05) is 41.5 Å². The maximum Gasteiger partial charge on any atom is 0.219 e. The van der Waals surface area contributed by atoms with E-state index in [-0.39, 0.29) is 0 Å².